The Balaban J connectivity index is 1.72. The van der Waals surface area contributed by atoms with E-state index in [1.54, 1.807) is 24.3 Å². The fourth-order valence-electron chi connectivity index (χ4n) is 2.45. The summed E-state index contributed by atoms with van der Waals surface area (Å²) >= 11 is 5.86. The zero-order valence-electron chi connectivity index (χ0n) is 13.2. The van der Waals surface area contributed by atoms with Gasteiger partial charge in [-0.05, 0) is 36.6 Å². The number of rotatable bonds is 6. The maximum Gasteiger partial charge on any atom is 0.220 e. The smallest absolute Gasteiger partial charge is 0.220 e. The molecule has 1 aliphatic heterocycles. The van der Waals surface area contributed by atoms with Crippen LogP contribution in [0.4, 0.5) is 0 Å². The van der Waals surface area contributed by atoms with Crippen molar-refractivity contribution in [3.8, 4) is 0 Å². The summed E-state index contributed by atoms with van der Waals surface area (Å²) in [6.45, 7) is 0. The summed E-state index contributed by atoms with van der Waals surface area (Å²) in [5.41, 5.74) is 0.823. The summed E-state index contributed by atoms with van der Waals surface area (Å²) in [6, 6.07) is 7.01. The van der Waals surface area contributed by atoms with Gasteiger partial charge >= 0.3 is 0 Å². The van der Waals surface area contributed by atoms with E-state index in [9.17, 15) is 18.0 Å². The number of carbonyl (C=O) groups is 2. The lowest BCUT2D eigenvalue weighted by molar-refractivity contribution is -0.124. The first-order valence-corrected chi connectivity index (χ1v) is 10.0. The van der Waals surface area contributed by atoms with Crippen LogP contribution in [0.15, 0.2) is 30.3 Å². The van der Waals surface area contributed by atoms with Gasteiger partial charge in [0, 0.05) is 23.9 Å². The average molecular weight is 370 g/mol. The number of ketones is 1. The molecule has 1 aliphatic rings. The van der Waals surface area contributed by atoms with Gasteiger partial charge in [-0.25, -0.2) is 8.42 Å². The average Bonchev–Trinajstić information content (AvgIpc) is 2.53. The zero-order valence-corrected chi connectivity index (χ0v) is 14.8. The maximum atomic E-state index is 11.8. The Bertz CT molecular complexity index is 729. The Hall–Kier alpha value is -1.66. The Kier molecular flexibility index (Phi) is 6.57. The van der Waals surface area contributed by atoms with Crippen LogP contribution in [0.1, 0.15) is 31.2 Å². The van der Waals surface area contributed by atoms with Crippen LogP contribution in [-0.2, 0) is 19.4 Å². The van der Waals surface area contributed by atoms with E-state index in [1.807, 2.05) is 6.07 Å². The van der Waals surface area contributed by atoms with E-state index in [-0.39, 0.29) is 42.1 Å². The lowest BCUT2D eigenvalue weighted by Crippen LogP contribution is -2.40. The second-order valence-electron chi connectivity index (χ2n) is 5.85. The van der Waals surface area contributed by atoms with E-state index in [0.29, 0.717) is 17.9 Å². The fourth-order valence-corrected chi connectivity index (χ4v) is 4.14. The van der Waals surface area contributed by atoms with Crippen LogP contribution >= 0.6 is 11.6 Å². The van der Waals surface area contributed by atoms with Crippen molar-refractivity contribution in [1.29, 1.82) is 0 Å². The molecule has 0 saturated carbocycles. The van der Waals surface area contributed by atoms with Crippen molar-refractivity contribution in [3.05, 3.63) is 40.9 Å². The normalized spacial score (nSPS) is 17.7. The zero-order chi connectivity index (χ0) is 17.6. The molecule has 1 aromatic carbocycles. The molecule has 0 radical (unpaired) electrons. The van der Waals surface area contributed by atoms with Gasteiger partial charge < -0.3 is 5.32 Å². The molecule has 0 aliphatic carbocycles. The number of carbonyl (C=O) groups excluding carboxylic acids is 2. The van der Waals surface area contributed by atoms with Crippen molar-refractivity contribution < 1.29 is 18.0 Å². The molecule has 1 amide bonds. The third-order valence-corrected chi connectivity index (χ3v) is 5.78. The summed E-state index contributed by atoms with van der Waals surface area (Å²) in [5, 5.41) is 3.39. The largest absolute Gasteiger partial charge is 0.353 e. The molecule has 1 aromatic rings. The minimum absolute atomic E-state index is 0.0992. The predicted octanol–water partition coefficient (Wildman–Crippen LogP) is 2.40. The summed E-state index contributed by atoms with van der Waals surface area (Å²) in [5.74, 6) is -0.140. The Morgan fingerprint density at radius 2 is 1.92 bits per heavy atom. The van der Waals surface area contributed by atoms with E-state index < -0.39 is 9.84 Å². The molecule has 5 nitrogen and oxygen atoms in total. The molecule has 0 spiro atoms. The van der Waals surface area contributed by atoms with Crippen molar-refractivity contribution in [3.63, 3.8) is 0 Å². The molecule has 130 valence electrons. The monoisotopic (exact) mass is 369 g/mol. The highest BCUT2D eigenvalue weighted by Crippen LogP contribution is 2.13. The minimum atomic E-state index is -2.94. The minimum Gasteiger partial charge on any atom is -0.353 e. The molecule has 0 atom stereocenters. The van der Waals surface area contributed by atoms with Crippen molar-refractivity contribution in [2.24, 2.45) is 0 Å². The molecular weight excluding hydrogens is 350 g/mol. The van der Waals surface area contributed by atoms with Crippen LogP contribution in [0.5, 0.6) is 0 Å². The van der Waals surface area contributed by atoms with E-state index >= 15 is 0 Å². The first-order valence-electron chi connectivity index (χ1n) is 7.80. The number of allylic oxidation sites excluding steroid dienone is 1. The third kappa shape index (κ3) is 6.45. The van der Waals surface area contributed by atoms with E-state index in [4.69, 9.17) is 11.6 Å². The second-order valence-corrected chi connectivity index (χ2v) is 8.59. The van der Waals surface area contributed by atoms with E-state index in [0.717, 1.165) is 5.56 Å². The number of hydrogen-bond donors (Lipinski definition) is 1. The molecule has 1 fully saturated rings. The highest BCUT2D eigenvalue weighted by atomic mass is 35.5. The summed E-state index contributed by atoms with van der Waals surface area (Å²) in [6.07, 6.45) is 4.20. The lowest BCUT2D eigenvalue weighted by atomic mass is 10.1. The molecule has 1 heterocycles. The van der Waals surface area contributed by atoms with Crippen LogP contribution in [0, 0.1) is 0 Å². The molecule has 0 bridgehead atoms. The van der Waals surface area contributed by atoms with Gasteiger partial charge in [0.05, 0.1) is 11.5 Å². The predicted molar refractivity (Wildman–Crippen MR) is 94.5 cm³/mol. The number of sulfone groups is 1. The van der Waals surface area contributed by atoms with Gasteiger partial charge in [-0.3, -0.25) is 9.59 Å². The molecule has 24 heavy (non-hydrogen) atoms. The van der Waals surface area contributed by atoms with Gasteiger partial charge in [0.2, 0.25) is 5.91 Å². The highest BCUT2D eigenvalue weighted by Gasteiger charge is 2.24. The van der Waals surface area contributed by atoms with Gasteiger partial charge in [-0.15, -0.1) is 0 Å². The van der Waals surface area contributed by atoms with Crippen LogP contribution in [-0.4, -0.2) is 37.7 Å². The second kappa shape index (κ2) is 8.44. The van der Waals surface area contributed by atoms with E-state index in [2.05, 4.69) is 5.32 Å². The van der Waals surface area contributed by atoms with Crippen molar-refractivity contribution in [2.75, 3.05) is 11.5 Å². The molecular formula is C17H20ClNO4S. The van der Waals surface area contributed by atoms with Gasteiger partial charge in [0.25, 0.3) is 0 Å². The number of benzene rings is 1. The molecule has 1 saturated heterocycles. The summed E-state index contributed by atoms with van der Waals surface area (Å²) in [7, 11) is -2.94. The summed E-state index contributed by atoms with van der Waals surface area (Å²) in [4.78, 5) is 23.6. The van der Waals surface area contributed by atoms with Gasteiger partial charge in [-0.2, -0.15) is 0 Å². The number of nitrogens with one attached hydrogen (secondary N) is 1. The first-order chi connectivity index (χ1) is 11.3. The standard InChI is InChI=1S/C17H20ClNO4S/c18-14-3-1-2-13(12-14)4-5-16(20)6-7-17(21)19-15-8-10-24(22,23)11-9-15/h1-5,12,15H,6-11H2,(H,19,21)/b5-4+. The fraction of sp³-hybridized carbons (Fsp3) is 0.412. The number of hydrogen-bond acceptors (Lipinski definition) is 4. The maximum absolute atomic E-state index is 11.8. The van der Waals surface area contributed by atoms with Crippen LogP contribution in [0.3, 0.4) is 0 Å². The molecule has 1 N–H and O–H groups in total. The molecule has 7 heteroatoms. The SMILES string of the molecule is O=C(/C=C/c1cccc(Cl)c1)CCC(=O)NC1CCS(=O)(=O)CC1. The van der Waals surface area contributed by atoms with Crippen molar-refractivity contribution in [1.82, 2.24) is 5.32 Å². The van der Waals surface area contributed by atoms with Crippen molar-refractivity contribution in [2.45, 2.75) is 31.7 Å². The number of amides is 1. The van der Waals surface area contributed by atoms with Crippen LogP contribution < -0.4 is 5.32 Å². The molecule has 0 aromatic heterocycles. The highest BCUT2D eigenvalue weighted by molar-refractivity contribution is 7.91. The summed E-state index contributed by atoms with van der Waals surface area (Å²) < 4.78 is 22.7. The quantitative estimate of drug-likeness (QED) is 0.781. The molecule has 2 rings (SSSR count). The topological polar surface area (TPSA) is 80.3 Å². The van der Waals surface area contributed by atoms with Crippen LogP contribution in [0.25, 0.3) is 6.08 Å². The van der Waals surface area contributed by atoms with Crippen LogP contribution in [0.2, 0.25) is 5.02 Å². The van der Waals surface area contributed by atoms with Gasteiger partial charge in [-0.1, -0.05) is 29.8 Å². The molecule has 0 unspecified atom stereocenters. The first kappa shape index (κ1) is 18.7. The Morgan fingerprint density at radius 1 is 1.21 bits per heavy atom. The third-order valence-electron chi connectivity index (χ3n) is 3.83. The Morgan fingerprint density at radius 3 is 2.58 bits per heavy atom. The lowest BCUT2D eigenvalue weighted by Gasteiger charge is -2.22. The number of halogens is 1. The Labute approximate surface area is 147 Å². The van der Waals surface area contributed by atoms with Crippen molar-refractivity contribution >= 4 is 39.2 Å². The van der Waals surface area contributed by atoms with Gasteiger partial charge in [0.1, 0.15) is 9.84 Å². The van der Waals surface area contributed by atoms with E-state index in [1.165, 1.54) is 6.08 Å². The van der Waals surface area contributed by atoms with Gasteiger partial charge in [0.15, 0.2) is 5.78 Å².